The van der Waals surface area contributed by atoms with Crippen LogP contribution in [0.2, 0.25) is 0 Å². The van der Waals surface area contributed by atoms with Crippen LogP contribution >= 0.6 is 0 Å². The number of rotatable bonds is 1. The summed E-state index contributed by atoms with van der Waals surface area (Å²) in [5.74, 6) is 3.93. The zero-order valence-electron chi connectivity index (χ0n) is 15.2. The average Bonchev–Trinajstić information content (AvgIpc) is 2.80. The van der Waals surface area contributed by atoms with Crippen LogP contribution in [0.3, 0.4) is 0 Å². The highest BCUT2D eigenvalue weighted by molar-refractivity contribution is 5.31. The zero-order valence-corrected chi connectivity index (χ0v) is 15.2. The van der Waals surface area contributed by atoms with Gasteiger partial charge in [-0.3, -0.25) is 0 Å². The van der Waals surface area contributed by atoms with Crippen molar-refractivity contribution in [3.05, 3.63) is 24.8 Å². The Bertz CT molecular complexity index is 536. The van der Waals surface area contributed by atoms with E-state index in [1.807, 2.05) is 0 Å². The summed E-state index contributed by atoms with van der Waals surface area (Å²) in [5.41, 5.74) is -0.283. The summed E-state index contributed by atoms with van der Waals surface area (Å²) in [6.45, 7) is 11.4. The number of allylic oxidation sites excluding steroid dienone is 1. The first kappa shape index (κ1) is 15.9. The maximum absolute atomic E-state index is 11.1. The molecule has 4 aliphatic rings. The lowest BCUT2D eigenvalue weighted by atomic mass is 9.42. The Morgan fingerprint density at radius 2 is 1.91 bits per heavy atom. The van der Waals surface area contributed by atoms with E-state index in [4.69, 9.17) is 0 Å². The van der Waals surface area contributed by atoms with Gasteiger partial charge in [0.2, 0.25) is 0 Å². The van der Waals surface area contributed by atoms with Crippen LogP contribution in [-0.2, 0) is 0 Å². The number of hydrogen-bond donors (Lipinski definition) is 1. The summed E-state index contributed by atoms with van der Waals surface area (Å²) in [5, 5.41) is 11.1. The molecule has 3 saturated carbocycles. The van der Waals surface area contributed by atoms with Crippen LogP contribution in [0.1, 0.15) is 65.7 Å². The van der Waals surface area contributed by atoms with Gasteiger partial charge in [-0.2, -0.15) is 0 Å². The molecule has 3 fully saturated rings. The molecule has 0 aliphatic heterocycles. The summed E-state index contributed by atoms with van der Waals surface area (Å²) in [6, 6.07) is 0. The van der Waals surface area contributed by atoms with Crippen LogP contribution < -0.4 is 0 Å². The Hall–Kier alpha value is -0.560. The van der Waals surface area contributed by atoms with E-state index in [0.717, 1.165) is 30.1 Å². The lowest BCUT2D eigenvalue weighted by molar-refractivity contribution is -0.145. The molecular formula is C22H34O. The van der Waals surface area contributed by atoms with E-state index >= 15 is 0 Å². The maximum atomic E-state index is 11.1. The monoisotopic (exact) mass is 314 g/mol. The third kappa shape index (κ3) is 1.89. The fraction of sp³-hybridized carbons (Fsp3) is 0.818. The molecule has 0 radical (unpaired) electrons. The first-order valence-electron chi connectivity index (χ1n) is 9.91. The Balaban J connectivity index is 1.71. The molecule has 0 aromatic heterocycles. The number of fused-ring (bicyclic) bond motifs is 5. The molecular weight excluding hydrogens is 280 g/mol. The predicted octanol–water partition coefficient (Wildman–Crippen LogP) is 5.36. The Morgan fingerprint density at radius 1 is 1.13 bits per heavy atom. The fourth-order valence-electron chi connectivity index (χ4n) is 7.63. The molecule has 8 atom stereocenters. The van der Waals surface area contributed by atoms with E-state index in [1.54, 1.807) is 6.08 Å². The highest BCUT2D eigenvalue weighted by Crippen LogP contribution is 2.67. The molecule has 23 heavy (non-hydrogen) atoms. The van der Waals surface area contributed by atoms with Crippen LogP contribution in [-0.4, -0.2) is 10.7 Å². The lowest BCUT2D eigenvalue weighted by Crippen LogP contribution is -2.57. The molecule has 0 aromatic rings. The molecule has 1 nitrogen and oxygen atoms in total. The summed E-state index contributed by atoms with van der Waals surface area (Å²) in [7, 11) is 0. The van der Waals surface area contributed by atoms with Crippen molar-refractivity contribution in [2.24, 2.45) is 40.4 Å². The van der Waals surface area contributed by atoms with Crippen LogP contribution in [0.4, 0.5) is 0 Å². The summed E-state index contributed by atoms with van der Waals surface area (Å²) >= 11 is 0. The van der Waals surface area contributed by atoms with Gasteiger partial charge < -0.3 is 5.11 Å². The van der Waals surface area contributed by atoms with Crippen molar-refractivity contribution in [1.82, 2.24) is 0 Å². The van der Waals surface area contributed by atoms with Gasteiger partial charge in [-0.1, -0.05) is 58.4 Å². The largest absolute Gasteiger partial charge is 0.381 e. The van der Waals surface area contributed by atoms with Gasteiger partial charge in [0.25, 0.3) is 0 Å². The van der Waals surface area contributed by atoms with Gasteiger partial charge in [-0.15, -0.1) is 0 Å². The van der Waals surface area contributed by atoms with Crippen molar-refractivity contribution < 1.29 is 5.11 Å². The topological polar surface area (TPSA) is 20.2 Å². The van der Waals surface area contributed by atoms with E-state index < -0.39 is 5.60 Å². The number of aliphatic hydroxyl groups is 1. The van der Waals surface area contributed by atoms with Crippen molar-refractivity contribution in [2.45, 2.75) is 71.3 Å². The lowest BCUT2D eigenvalue weighted by Gasteiger charge is -2.62. The molecule has 1 N–H and O–H groups in total. The van der Waals surface area contributed by atoms with Crippen LogP contribution in [0.15, 0.2) is 24.8 Å². The molecule has 0 bridgehead atoms. The third-order valence-electron chi connectivity index (χ3n) is 8.98. The van der Waals surface area contributed by atoms with E-state index in [2.05, 4.69) is 39.5 Å². The Labute approximate surface area is 142 Å². The van der Waals surface area contributed by atoms with Crippen LogP contribution in [0.25, 0.3) is 0 Å². The zero-order chi connectivity index (χ0) is 16.5. The molecule has 4 aliphatic carbocycles. The quantitative estimate of drug-likeness (QED) is 0.646. The van der Waals surface area contributed by atoms with Crippen molar-refractivity contribution in [2.75, 3.05) is 0 Å². The fourth-order valence-corrected chi connectivity index (χ4v) is 7.63. The minimum Gasteiger partial charge on any atom is -0.381 e. The highest BCUT2D eigenvalue weighted by atomic mass is 16.3. The van der Waals surface area contributed by atoms with Crippen molar-refractivity contribution >= 4 is 0 Å². The first-order valence-corrected chi connectivity index (χ1v) is 9.91. The standard InChI is InChI=1S/C22H34O/c1-5-22(23)13-10-19-16-14-15(2)17-8-6-7-11-20(17,3)18(16)9-12-21(19,22)4/h5,10,13,15-19,23H,1,6-9,11-12,14H2,2-4H3/t15-,16+,17?,18-,19-,20-,21-,22+/m0/s1. The van der Waals surface area contributed by atoms with Gasteiger partial charge in [-0.05, 0) is 67.1 Å². The molecule has 0 amide bonds. The second-order valence-corrected chi connectivity index (χ2v) is 9.71. The Morgan fingerprint density at radius 3 is 2.65 bits per heavy atom. The van der Waals surface area contributed by atoms with E-state index in [0.29, 0.717) is 11.3 Å². The van der Waals surface area contributed by atoms with Gasteiger partial charge in [0.05, 0.1) is 0 Å². The third-order valence-corrected chi connectivity index (χ3v) is 8.98. The summed E-state index contributed by atoms with van der Waals surface area (Å²) in [6.07, 6.45) is 15.8. The molecule has 1 unspecified atom stereocenters. The van der Waals surface area contributed by atoms with Crippen LogP contribution in [0.5, 0.6) is 0 Å². The van der Waals surface area contributed by atoms with E-state index in [1.165, 1.54) is 38.5 Å². The smallest absolute Gasteiger partial charge is 0.106 e. The van der Waals surface area contributed by atoms with Gasteiger partial charge in [-0.25, -0.2) is 0 Å². The molecule has 128 valence electrons. The van der Waals surface area contributed by atoms with Gasteiger partial charge in [0.15, 0.2) is 0 Å². The second-order valence-electron chi connectivity index (χ2n) is 9.71. The predicted molar refractivity (Wildman–Crippen MR) is 95.9 cm³/mol. The molecule has 0 heterocycles. The molecule has 0 spiro atoms. The first-order chi connectivity index (χ1) is 10.9. The van der Waals surface area contributed by atoms with Crippen LogP contribution in [0, 0.1) is 40.4 Å². The minimum absolute atomic E-state index is 0.0342. The molecule has 1 heteroatoms. The van der Waals surface area contributed by atoms with Gasteiger partial charge in [0.1, 0.15) is 5.60 Å². The second kappa shape index (κ2) is 4.97. The maximum Gasteiger partial charge on any atom is 0.106 e. The van der Waals surface area contributed by atoms with E-state index in [9.17, 15) is 5.11 Å². The van der Waals surface area contributed by atoms with Crippen molar-refractivity contribution in [1.29, 1.82) is 0 Å². The normalized spacial score (nSPS) is 58.2. The summed E-state index contributed by atoms with van der Waals surface area (Å²) < 4.78 is 0. The van der Waals surface area contributed by atoms with E-state index in [-0.39, 0.29) is 5.41 Å². The molecule has 0 aromatic carbocycles. The molecule has 0 saturated heterocycles. The van der Waals surface area contributed by atoms with Gasteiger partial charge >= 0.3 is 0 Å². The number of hydrogen-bond acceptors (Lipinski definition) is 1. The SMILES string of the molecule is C=C[C@@]1(O)C=C[C@H]2[C@@H]3C[C@H](C)C4CCCC[C@]4(C)[C@H]3CC[C@@]21C. The Kier molecular flexibility index (Phi) is 3.45. The van der Waals surface area contributed by atoms with Crippen molar-refractivity contribution in [3.8, 4) is 0 Å². The highest BCUT2D eigenvalue weighted by Gasteiger charge is 2.62. The summed E-state index contributed by atoms with van der Waals surface area (Å²) in [4.78, 5) is 0. The van der Waals surface area contributed by atoms with Gasteiger partial charge in [0, 0.05) is 5.41 Å². The van der Waals surface area contributed by atoms with Crippen molar-refractivity contribution in [3.63, 3.8) is 0 Å². The average molecular weight is 315 g/mol. The minimum atomic E-state index is -0.795. The molecule has 4 rings (SSSR count).